The third-order valence-corrected chi connectivity index (χ3v) is 3.15. The summed E-state index contributed by atoms with van der Waals surface area (Å²) in [4.78, 5) is 0. The maximum Gasteiger partial charge on any atom is 0.133 e. The van der Waals surface area contributed by atoms with E-state index in [0.29, 0.717) is 18.6 Å². The molecule has 5 heteroatoms. The molecule has 0 heterocycles. The van der Waals surface area contributed by atoms with Crippen molar-refractivity contribution in [3.05, 3.63) is 70.5 Å². The zero-order valence-electron chi connectivity index (χ0n) is 11.0. The Hall–Kier alpha value is -1.85. The van der Waals surface area contributed by atoms with E-state index in [4.69, 9.17) is 5.84 Å². The lowest BCUT2D eigenvalue weighted by molar-refractivity contribution is 0.462. The Balaban J connectivity index is 2.31. The molecule has 2 aromatic rings. The van der Waals surface area contributed by atoms with Crippen LogP contribution in [0.25, 0.3) is 0 Å². The molecule has 1 unspecified atom stereocenters. The van der Waals surface area contributed by atoms with Gasteiger partial charge in [0.2, 0.25) is 0 Å². The van der Waals surface area contributed by atoms with Crippen molar-refractivity contribution in [2.75, 3.05) is 0 Å². The molecule has 0 aliphatic heterocycles. The van der Waals surface area contributed by atoms with Gasteiger partial charge in [-0.25, -0.2) is 13.2 Å². The van der Waals surface area contributed by atoms with Gasteiger partial charge in [0.15, 0.2) is 0 Å². The highest BCUT2D eigenvalue weighted by atomic mass is 19.1. The van der Waals surface area contributed by atoms with Crippen LogP contribution in [0.4, 0.5) is 13.2 Å². The van der Waals surface area contributed by atoms with Gasteiger partial charge in [-0.05, 0) is 18.9 Å². The molecule has 2 nitrogen and oxygen atoms in total. The predicted octanol–water partition coefficient (Wildman–Crippen LogP) is 3.16. The van der Waals surface area contributed by atoms with Crippen LogP contribution in [-0.4, -0.2) is 0 Å². The lowest BCUT2D eigenvalue weighted by Crippen LogP contribution is -2.31. The van der Waals surface area contributed by atoms with Crippen molar-refractivity contribution in [1.29, 1.82) is 0 Å². The fourth-order valence-corrected chi connectivity index (χ4v) is 2.09. The first-order valence-electron chi connectivity index (χ1n) is 6.17. The molecule has 20 heavy (non-hydrogen) atoms. The van der Waals surface area contributed by atoms with Crippen LogP contribution in [-0.2, 0) is 6.42 Å². The van der Waals surface area contributed by atoms with E-state index in [9.17, 15) is 13.2 Å². The van der Waals surface area contributed by atoms with Crippen molar-refractivity contribution < 1.29 is 13.2 Å². The van der Waals surface area contributed by atoms with E-state index in [-0.39, 0.29) is 5.56 Å². The zero-order chi connectivity index (χ0) is 14.7. The maximum absolute atomic E-state index is 13.7. The second kappa shape index (κ2) is 6.07. The second-order valence-corrected chi connectivity index (χ2v) is 4.69. The molecule has 0 aliphatic rings. The summed E-state index contributed by atoms with van der Waals surface area (Å²) in [5.74, 6) is 2.54. The molecule has 2 rings (SSSR count). The van der Waals surface area contributed by atoms with Crippen LogP contribution in [0, 0.1) is 24.4 Å². The number of rotatable bonds is 4. The highest BCUT2D eigenvalue weighted by Gasteiger charge is 2.20. The molecular formula is C15H15F3N2. The Bertz CT molecular complexity index is 574. The minimum atomic E-state index is -0.949. The fourth-order valence-electron chi connectivity index (χ4n) is 2.09. The molecule has 0 radical (unpaired) electrons. The molecule has 0 aliphatic carbocycles. The Morgan fingerprint density at radius 2 is 1.60 bits per heavy atom. The number of nitrogens with two attached hydrogens (primary N) is 1. The van der Waals surface area contributed by atoms with Crippen LogP contribution in [0.2, 0.25) is 0 Å². The first-order valence-corrected chi connectivity index (χ1v) is 6.17. The monoisotopic (exact) mass is 280 g/mol. The molecule has 0 amide bonds. The lowest BCUT2D eigenvalue weighted by Gasteiger charge is -2.18. The van der Waals surface area contributed by atoms with Crippen molar-refractivity contribution in [1.82, 2.24) is 5.43 Å². The summed E-state index contributed by atoms with van der Waals surface area (Å²) >= 11 is 0. The number of nitrogens with one attached hydrogen (secondary N) is 1. The minimum Gasteiger partial charge on any atom is -0.271 e. The van der Waals surface area contributed by atoms with Crippen LogP contribution in [0.1, 0.15) is 22.7 Å². The first-order chi connectivity index (χ1) is 9.51. The van der Waals surface area contributed by atoms with Gasteiger partial charge in [-0.3, -0.25) is 11.3 Å². The van der Waals surface area contributed by atoms with Crippen LogP contribution in [0.3, 0.4) is 0 Å². The first kappa shape index (κ1) is 14.6. The molecule has 0 bridgehead atoms. The second-order valence-electron chi connectivity index (χ2n) is 4.69. The van der Waals surface area contributed by atoms with Crippen LogP contribution in [0.5, 0.6) is 0 Å². The summed E-state index contributed by atoms with van der Waals surface area (Å²) in [6.07, 6.45) is 0.302. The predicted molar refractivity (Wildman–Crippen MR) is 71.3 cm³/mol. The largest absolute Gasteiger partial charge is 0.271 e. The van der Waals surface area contributed by atoms with E-state index in [1.54, 1.807) is 0 Å². The van der Waals surface area contributed by atoms with Crippen molar-refractivity contribution >= 4 is 0 Å². The number of aryl methyl sites for hydroxylation is 1. The maximum atomic E-state index is 13.7. The Labute approximate surface area is 115 Å². The average Bonchev–Trinajstić information content (AvgIpc) is 2.38. The lowest BCUT2D eigenvalue weighted by atomic mass is 9.98. The SMILES string of the molecule is Cc1ccc(CC(NN)c2c(F)cc(F)cc2F)cc1. The number of benzene rings is 2. The Morgan fingerprint density at radius 3 is 2.10 bits per heavy atom. The summed E-state index contributed by atoms with van der Waals surface area (Å²) in [5, 5.41) is 0. The summed E-state index contributed by atoms with van der Waals surface area (Å²) in [5.41, 5.74) is 4.09. The third kappa shape index (κ3) is 3.18. The van der Waals surface area contributed by atoms with Crippen LogP contribution < -0.4 is 11.3 Å². The van der Waals surface area contributed by atoms with Crippen molar-refractivity contribution in [3.63, 3.8) is 0 Å². The van der Waals surface area contributed by atoms with E-state index in [1.165, 1.54) is 0 Å². The van der Waals surface area contributed by atoms with Gasteiger partial charge in [-0.1, -0.05) is 29.8 Å². The number of hydrogen-bond acceptors (Lipinski definition) is 2. The van der Waals surface area contributed by atoms with Gasteiger partial charge in [0.1, 0.15) is 17.5 Å². The van der Waals surface area contributed by atoms with Crippen molar-refractivity contribution in [2.45, 2.75) is 19.4 Å². The standard InChI is InChI=1S/C15H15F3N2/c1-9-2-4-10(5-3-9)6-14(20-19)15-12(17)7-11(16)8-13(15)18/h2-5,7-8,14,20H,6,19H2,1H3. The summed E-state index contributed by atoms with van der Waals surface area (Å²) < 4.78 is 40.4. The van der Waals surface area contributed by atoms with E-state index in [2.05, 4.69) is 5.43 Å². The van der Waals surface area contributed by atoms with Gasteiger partial charge in [0.25, 0.3) is 0 Å². The van der Waals surface area contributed by atoms with Gasteiger partial charge in [0, 0.05) is 17.7 Å². The van der Waals surface area contributed by atoms with Crippen LogP contribution in [0.15, 0.2) is 36.4 Å². The quantitative estimate of drug-likeness (QED) is 0.667. The molecular weight excluding hydrogens is 265 g/mol. The molecule has 1 atom stereocenters. The fraction of sp³-hybridized carbons (Fsp3) is 0.200. The van der Waals surface area contributed by atoms with Gasteiger partial charge in [0.05, 0.1) is 6.04 Å². The number of hydrazine groups is 1. The van der Waals surface area contributed by atoms with E-state index in [1.807, 2.05) is 31.2 Å². The highest BCUT2D eigenvalue weighted by Crippen LogP contribution is 2.24. The number of hydrogen-bond donors (Lipinski definition) is 2. The summed E-state index contributed by atoms with van der Waals surface area (Å²) in [7, 11) is 0. The zero-order valence-corrected chi connectivity index (χ0v) is 11.0. The molecule has 0 spiro atoms. The molecule has 0 aromatic heterocycles. The molecule has 2 aromatic carbocycles. The van der Waals surface area contributed by atoms with Gasteiger partial charge in [-0.15, -0.1) is 0 Å². The number of halogens is 3. The molecule has 106 valence electrons. The van der Waals surface area contributed by atoms with E-state index < -0.39 is 23.5 Å². The van der Waals surface area contributed by atoms with Crippen LogP contribution >= 0.6 is 0 Å². The molecule has 0 fully saturated rings. The smallest absolute Gasteiger partial charge is 0.133 e. The highest BCUT2D eigenvalue weighted by molar-refractivity contribution is 5.28. The average molecular weight is 280 g/mol. The van der Waals surface area contributed by atoms with E-state index in [0.717, 1.165) is 11.1 Å². The third-order valence-electron chi connectivity index (χ3n) is 3.15. The normalized spacial score (nSPS) is 12.4. The summed E-state index contributed by atoms with van der Waals surface area (Å²) in [6.45, 7) is 1.95. The summed E-state index contributed by atoms with van der Waals surface area (Å²) in [6, 6.07) is 8.06. The Morgan fingerprint density at radius 1 is 1.05 bits per heavy atom. The van der Waals surface area contributed by atoms with Crippen molar-refractivity contribution in [2.24, 2.45) is 5.84 Å². The van der Waals surface area contributed by atoms with Gasteiger partial charge >= 0.3 is 0 Å². The molecule has 3 N–H and O–H groups in total. The topological polar surface area (TPSA) is 38.0 Å². The molecule has 0 saturated heterocycles. The van der Waals surface area contributed by atoms with Gasteiger partial charge < -0.3 is 0 Å². The van der Waals surface area contributed by atoms with Crippen molar-refractivity contribution in [3.8, 4) is 0 Å². The molecule has 0 saturated carbocycles. The minimum absolute atomic E-state index is 0.255. The Kier molecular flexibility index (Phi) is 4.42. The van der Waals surface area contributed by atoms with Gasteiger partial charge in [-0.2, -0.15) is 0 Å². The van der Waals surface area contributed by atoms with E-state index >= 15 is 0 Å².